The van der Waals surface area contributed by atoms with Gasteiger partial charge in [-0.3, -0.25) is 14.4 Å². The second-order valence-electron chi connectivity index (χ2n) is 13.9. The fourth-order valence-corrected chi connectivity index (χ4v) is 5.97. The third kappa shape index (κ3) is 35.5. The lowest BCUT2D eigenvalue weighted by atomic mass is 10.1. The second kappa shape index (κ2) is 37.2. The molecule has 0 rings (SSSR count). The minimum atomic E-state index is -0.755. The van der Waals surface area contributed by atoms with E-state index in [0.29, 0.717) is 19.3 Å². The molecule has 0 heterocycles. The van der Waals surface area contributed by atoms with Crippen molar-refractivity contribution in [3.63, 3.8) is 0 Å². The van der Waals surface area contributed by atoms with Crippen LogP contribution in [0.25, 0.3) is 0 Å². The molecule has 0 aliphatic carbocycles. The summed E-state index contributed by atoms with van der Waals surface area (Å²) in [5.74, 6) is -0.864. The Hall–Kier alpha value is -1.59. The minimum absolute atomic E-state index is 0.0639. The Balaban J connectivity index is 4.34. The predicted molar refractivity (Wildman–Crippen MR) is 197 cm³/mol. The third-order valence-electron chi connectivity index (χ3n) is 9.11. The molecule has 6 nitrogen and oxygen atoms in total. The lowest BCUT2D eigenvalue weighted by Gasteiger charge is -2.18. The summed E-state index contributed by atoms with van der Waals surface area (Å²) in [6, 6.07) is 0. The molecule has 0 aromatic rings. The van der Waals surface area contributed by atoms with Crippen molar-refractivity contribution in [2.45, 2.75) is 232 Å². The van der Waals surface area contributed by atoms with Gasteiger partial charge in [-0.05, 0) is 19.3 Å². The van der Waals surface area contributed by atoms with Crippen molar-refractivity contribution >= 4 is 17.9 Å². The van der Waals surface area contributed by atoms with Gasteiger partial charge in [-0.25, -0.2) is 0 Å². The molecule has 0 aromatic carbocycles. The molecular weight excluding hydrogens is 588 g/mol. The van der Waals surface area contributed by atoms with Crippen LogP contribution in [0, 0.1) is 0 Å². The molecule has 0 unspecified atom stereocenters. The standard InChI is InChI=1S/C41H78O6/c1-4-7-10-13-16-19-20-23-26-29-32-35-41(44)47-38(36-45-39(42)33-30-27-24-21-17-14-11-8-5-2)37-46-40(43)34-31-28-25-22-18-15-12-9-6-3/h38H,4-37H2,1-3H3. The van der Waals surface area contributed by atoms with Crippen LogP contribution >= 0.6 is 0 Å². The van der Waals surface area contributed by atoms with Crippen molar-refractivity contribution in [1.29, 1.82) is 0 Å². The van der Waals surface area contributed by atoms with E-state index in [1.165, 1.54) is 128 Å². The summed E-state index contributed by atoms with van der Waals surface area (Å²) in [5, 5.41) is 0. The highest BCUT2D eigenvalue weighted by Gasteiger charge is 2.19. The average molecular weight is 667 g/mol. The van der Waals surface area contributed by atoms with Gasteiger partial charge < -0.3 is 14.2 Å². The zero-order chi connectivity index (χ0) is 34.5. The Labute approximate surface area is 291 Å². The number of hydrogen-bond donors (Lipinski definition) is 0. The van der Waals surface area contributed by atoms with Crippen molar-refractivity contribution in [1.82, 2.24) is 0 Å². The minimum Gasteiger partial charge on any atom is -0.462 e. The van der Waals surface area contributed by atoms with Gasteiger partial charge in [-0.1, -0.05) is 188 Å². The normalized spacial score (nSPS) is 11.2. The van der Waals surface area contributed by atoms with Crippen molar-refractivity contribution < 1.29 is 28.6 Å². The van der Waals surface area contributed by atoms with Crippen LogP contribution in [0.4, 0.5) is 0 Å². The van der Waals surface area contributed by atoms with E-state index in [0.717, 1.165) is 57.8 Å². The number of carbonyl (C=O) groups excluding carboxylic acids is 3. The van der Waals surface area contributed by atoms with Gasteiger partial charge in [0.2, 0.25) is 0 Å². The molecule has 0 atom stereocenters. The van der Waals surface area contributed by atoms with Crippen LogP contribution < -0.4 is 0 Å². The van der Waals surface area contributed by atoms with E-state index in [-0.39, 0.29) is 31.1 Å². The molecular formula is C41H78O6. The van der Waals surface area contributed by atoms with E-state index in [2.05, 4.69) is 20.8 Å². The first-order chi connectivity index (χ1) is 23.0. The number of carbonyl (C=O) groups is 3. The summed E-state index contributed by atoms with van der Waals surface area (Å²) < 4.78 is 16.6. The zero-order valence-corrected chi connectivity index (χ0v) is 31.6. The van der Waals surface area contributed by atoms with Crippen LogP contribution in [0.3, 0.4) is 0 Å². The maximum Gasteiger partial charge on any atom is 0.306 e. The highest BCUT2D eigenvalue weighted by molar-refractivity contribution is 5.71. The highest BCUT2D eigenvalue weighted by atomic mass is 16.6. The summed E-state index contributed by atoms with van der Waals surface area (Å²) in [6.45, 7) is 6.59. The van der Waals surface area contributed by atoms with E-state index in [4.69, 9.17) is 14.2 Å². The largest absolute Gasteiger partial charge is 0.462 e. The van der Waals surface area contributed by atoms with Gasteiger partial charge in [-0.2, -0.15) is 0 Å². The number of esters is 3. The molecule has 0 fully saturated rings. The van der Waals surface area contributed by atoms with Crippen LogP contribution in [0.5, 0.6) is 0 Å². The monoisotopic (exact) mass is 667 g/mol. The molecule has 0 aliphatic rings. The Bertz CT molecular complexity index is 655. The third-order valence-corrected chi connectivity index (χ3v) is 9.11. The Morgan fingerprint density at radius 1 is 0.340 bits per heavy atom. The van der Waals surface area contributed by atoms with E-state index >= 15 is 0 Å². The van der Waals surface area contributed by atoms with Gasteiger partial charge in [0, 0.05) is 19.3 Å². The molecule has 0 radical (unpaired) electrons. The van der Waals surface area contributed by atoms with Gasteiger partial charge in [0.1, 0.15) is 13.2 Å². The molecule has 6 heteroatoms. The van der Waals surface area contributed by atoms with Gasteiger partial charge >= 0.3 is 17.9 Å². The summed E-state index contributed by atoms with van der Waals surface area (Å²) in [5.41, 5.74) is 0. The molecule has 47 heavy (non-hydrogen) atoms. The van der Waals surface area contributed by atoms with Gasteiger partial charge in [0.05, 0.1) is 0 Å². The van der Waals surface area contributed by atoms with E-state index in [9.17, 15) is 14.4 Å². The summed E-state index contributed by atoms with van der Waals surface area (Å²) in [6.07, 6.45) is 35.1. The van der Waals surface area contributed by atoms with Crippen LogP contribution in [0.1, 0.15) is 226 Å². The Morgan fingerprint density at radius 3 is 0.851 bits per heavy atom. The number of rotatable bonds is 37. The number of unbranched alkanes of at least 4 members (excludes halogenated alkanes) is 26. The first kappa shape index (κ1) is 45.4. The molecule has 0 amide bonds. The molecule has 0 bridgehead atoms. The molecule has 0 spiro atoms. The van der Waals surface area contributed by atoms with E-state index in [1.54, 1.807) is 0 Å². The number of ether oxygens (including phenoxy) is 3. The lowest BCUT2D eigenvalue weighted by molar-refractivity contribution is -0.167. The van der Waals surface area contributed by atoms with E-state index in [1.807, 2.05) is 0 Å². The predicted octanol–water partition coefficient (Wildman–Crippen LogP) is 12.5. The maximum atomic E-state index is 12.6. The summed E-state index contributed by atoms with van der Waals surface area (Å²) in [4.78, 5) is 37.4. The maximum absolute atomic E-state index is 12.6. The van der Waals surface area contributed by atoms with Crippen molar-refractivity contribution in [2.75, 3.05) is 13.2 Å². The second-order valence-corrected chi connectivity index (χ2v) is 13.9. The average Bonchev–Trinajstić information content (AvgIpc) is 3.06. The topological polar surface area (TPSA) is 78.9 Å². The van der Waals surface area contributed by atoms with Crippen molar-refractivity contribution in [2.24, 2.45) is 0 Å². The molecule has 278 valence electrons. The Kier molecular flexibility index (Phi) is 36.0. The number of hydrogen-bond acceptors (Lipinski definition) is 6. The highest BCUT2D eigenvalue weighted by Crippen LogP contribution is 2.15. The van der Waals surface area contributed by atoms with Crippen LogP contribution in [0.2, 0.25) is 0 Å². The SMILES string of the molecule is CCCCCCCCCCCCCC(=O)OC(COC(=O)CCCCCCCCCCC)COC(=O)CCCCCCCCCCC. The molecule has 0 N–H and O–H groups in total. The van der Waals surface area contributed by atoms with Crippen LogP contribution in [-0.4, -0.2) is 37.2 Å². The Morgan fingerprint density at radius 2 is 0.574 bits per heavy atom. The fraction of sp³-hybridized carbons (Fsp3) is 0.927. The van der Waals surface area contributed by atoms with Gasteiger partial charge in [0.25, 0.3) is 0 Å². The van der Waals surface area contributed by atoms with Crippen molar-refractivity contribution in [3.05, 3.63) is 0 Å². The van der Waals surface area contributed by atoms with Crippen LogP contribution in [-0.2, 0) is 28.6 Å². The van der Waals surface area contributed by atoms with Crippen LogP contribution in [0.15, 0.2) is 0 Å². The zero-order valence-electron chi connectivity index (χ0n) is 31.6. The first-order valence-corrected chi connectivity index (χ1v) is 20.5. The molecule has 0 aliphatic heterocycles. The first-order valence-electron chi connectivity index (χ1n) is 20.5. The van der Waals surface area contributed by atoms with Crippen molar-refractivity contribution in [3.8, 4) is 0 Å². The summed E-state index contributed by atoms with van der Waals surface area (Å²) >= 11 is 0. The van der Waals surface area contributed by atoms with Gasteiger partial charge in [-0.15, -0.1) is 0 Å². The quantitative estimate of drug-likeness (QED) is 0.0373. The fourth-order valence-electron chi connectivity index (χ4n) is 5.97. The van der Waals surface area contributed by atoms with E-state index < -0.39 is 6.10 Å². The smallest absolute Gasteiger partial charge is 0.306 e. The summed E-state index contributed by atoms with van der Waals surface area (Å²) in [7, 11) is 0. The van der Waals surface area contributed by atoms with Gasteiger partial charge in [0.15, 0.2) is 6.10 Å². The molecule has 0 saturated heterocycles. The lowest BCUT2D eigenvalue weighted by Crippen LogP contribution is -2.30. The molecule has 0 saturated carbocycles. The molecule has 0 aromatic heterocycles.